The largest absolute Gasteiger partial charge is 0.618 e. The molecule has 0 saturated carbocycles. The summed E-state index contributed by atoms with van der Waals surface area (Å²) in [7, 11) is 0. The molecule has 0 radical (unpaired) electrons. The minimum atomic E-state index is -5.02. The van der Waals surface area contributed by atoms with Crippen molar-refractivity contribution < 1.29 is 31.1 Å². The Hall–Kier alpha value is -2.22. The summed E-state index contributed by atoms with van der Waals surface area (Å²) in [5.74, 6) is 0. The molecule has 0 aromatic heterocycles. The minimum absolute atomic E-state index is 0.0420. The zero-order valence-electron chi connectivity index (χ0n) is 11.6. The first-order chi connectivity index (χ1) is 11.0. The lowest BCUT2D eigenvalue weighted by molar-refractivity contribution is -0.354. The van der Waals surface area contributed by atoms with Crippen molar-refractivity contribution in [1.29, 1.82) is 0 Å². The Morgan fingerprint density at radius 3 is 1.71 bits per heavy atom. The minimum Gasteiger partial charge on any atom is -0.618 e. The Balaban J connectivity index is 2.54. The van der Waals surface area contributed by atoms with Gasteiger partial charge in [-0.25, -0.2) is 0 Å². The number of alkyl halides is 6. The molecule has 0 unspecified atom stereocenters. The summed E-state index contributed by atoms with van der Waals surface area (Å²) >= 11 is 5.65. The fraction of sp³-hybridized carbons (Fsp3) is 0.133. The molecule has 0 N–H and O–H groups in total. The maximum Gasteiger partial charge on any atom is 0.416 e. The lowest BCUT2D eigenvalue weighted by Crippen LogP contribution is -2.12. The van der Waals surface area contributed by atoms with Gasteiger partial charge in [0.25, 0.3) is 0 Å². The summed E-state index contributed by atoms with van der Waals surface area (Å²) in [4.78, 5) is 0. The Labute approximate surface area is 137 Å². The third kappa shape index (κ3) is 4.41. The molecule has 2 aromatic rings. The molecule has 0 aliphatic heterocycles. The van der Waals surface area contributed by atoms with Crippen LogP contribution < -0.4 is 0 Å². The van der Waals surface area contributed by atoms with Crippen LogP contribution in [0.3, 0.4) is 0 Å². The highest BCUT2D eigenvalue weighted by molar-refractivity contribution is 6.30. The van der Waals surface area contributed by atoms with E-state index in [0.29, 0.717) is 17.2 Å². The quantitative estimate of drug-likeness (QED) is 0.222. The SMILES string of the molecule is [O-][N+](=Cc1ccc(Cl)cc1)c1cc(C(F)(F)F)cc(C(F)(F)F)c1. The number of hydrogen-bond acceptors (Lipinski definition) is 1. The van der Waals surface area contributed by atoms with Gasteiger partial charge in [-0.3, -0.25) is 0 Å². The van der Waals surface area contributed by atoms with Crippen LogP contribution in [0.1, 0.15) is 16.7 Å². The number of rotatable bonds is 2. The first kappa shape index (κ1) is 18.1. The van der Waals surface area contributed by atoms with Crippen molar-refractivity contribution in [1.82, 2.24) is 0 Å². The van der Waals surface area contributed by atoms with Crippen LogP contribution in [0, 0.1) is 5.21 Å². The highest BCUT2D eigenvalue weighted by Gasteiger charge is 2.38. The van der Waals surface area contributed by atoms with Gasteiger partial charge in [0.15, 0.2) is 6.21 Å². The first-order valence-corrected chi connectivity index (χ1v) is 6.71. The third-order valence-electron chi connectivity index (χ3n) is 2.96. The molecule has 0 atom stereocenters. The van der Waals surface area contributed by atoms with Gasteiger partial charge in [0.05, 0.1) is 11.1 Å². The van der Waals surface area contributed by atoms with Gasteiger partial charge >= 0.3 is 12.4 Å². The van der Waals surface area contributed by atoms with Crippen LogP contribution in [-0.2, 0) is 12.4 Å². The van der Waals surface area contributed by atoms with Gasteiger partial charge in [0.1, 0.15) is 0 Å². The summed E-state index contributed by atoms with van der Waals surface area (Å²) in [6.07, 6.45) is -9.18. The van der Waals surface area contributed by atoms with Crippen molar-refractivity contribution in [2.24, 2.45) is 0 Å². The molecule has 0 aliphatic rings. The first-order valence-electron chi connectivity index (χ1n) is 6.33. The van der Waals surface area contributed by atoms with Crippen LogP contribution >= 0.6 is 11.6 Å². The molecule has 24 heavy (non-hydrogen) atoms. The summed E-state index contributed by atoms with van der Waals surface area (Å²) in [5, 5.41) is 12.3. The Bertz CT molecular complexity index is 733. The van der Waals surface area contributed by atoms with Gasteiger partial charge in [0.2, 0.25) is 5.69 Å². The van der Waals surface area contributed by atoms with Gasteiger partial charge in [-0.15, -0.1) is 0 Å². The van der Waals surface area contributed by atoms with Crippen LogP contribution in [-0.4, -0.2) is 11.0 Å². The third-order valence-corrected chi connectivity index (χ3v) is 3.22. The van der Waals surface area contributed by atoms with Crippen molar-refractivity contribution in [3.8, 4) is 0 Å². The number of halogens is 7. The topological polar surface area (TPSA) is 26.1 Å². The van der Waals surface area contributed by atoms with Gasteiger partial charge in [-0.1, -0.05) is 11.6 Å². The maximum atomic E-state index is 12.8. The molecular weight excluding hydrogens is 360 g/mol. The molecule has 0 spiro atoms. The highest BCUT2D eigenvalue weighted by Crippen LogP contribution is 2.38. The van der Waals surface area contributed by atoms with E-state index in [9.17, 15) is 31.5 Å². The second kappa shape index (κ2) is 6.35. The monoisotopic (exact) mass is 367 g/mol. The van der Waals surface area contributed by atoms with E-state index in [0.717, 1.165) is 6.21 Å². The molecular formula is C15H8ClF6NO. The zero-order valence-corrected chi connectivity index (χ0v) is 12.4. The summed E-state index contributed by atoms with van der Waals surface area (Å²) in [6.45, 7) is 0. The number of nitrogens with zero attached hydrogens (tertiary/aromatic N) is 1. The molecule has 2 nitrogen and oxygen atoms in total. The van der Waals surface area contributed by atoms with Gasteiger partial charge in [-0.05, 0) is 30.3 Å². The van der Waals surface area contributed by atoms with E-state index in [4.69, 9.17) is 11.6 Å². The fourth-order valence-corrected chi connectivity index (χ4v) is 1.95. The van der Waals surface area contributed by atoms with Crippen molar-refractivity contribution in [2.45, 2.75) is 12.4 Å². The molecule has 0 fully saturated rings. The van der Waals surface area contributed by atoms with E-state index in [1.807, 2.05) is 0 Å². The maximum absolute atomic E-state index is 12.8. The lowest BCUT2D eigenvalue weighted by Gasteiger charge is -2.13. The zero-order chi connectivity index (χ0) is 18.1. The smallest absolute Gasteiger partial charge is 0.416 e. The van der Waals surface area contributed by atoms with Gasteiger partial charge in [-0.2, -0.15) is 31.1 Å². The average Bonchev–Trinajstić information content (AvgIpc) is 2.47. The summed E-state index contributed by atoms with van der Waals surface area (Å²) in [6, 6.07) is 6.31. The molecule has 2 rings (SSSR count). The molecule has 0 aliphatic carbocycles. The van der Waals surface area contributed by atoms with Crippen molar-refractivity contribution >= 4 is 23.5 Å². The van der Waals surface area contributed by atoms with Crippen LogP contribution in [0.2, 0.25) is 5.02 Å². The molecule has 0 amide bonds. The number of hydrogen-bond donors (Lipinski definition) is 0. The normalized spacial score (nSPS) is 13.2. The van der Waals surface area contributed by atoms with E-state index in [1.165, 1.54) is 24.3 Å². The van der Waals surface area contributed by atoms with Crippen molar-refractivity contribution in [3.63, 3.8) is 0 Å². The van der Waals surface area contributed by atoms with Gasteiger partial charge < -0.3 is 5.21 Å². The predicted molar refractivity (Wildman–Crippen MR) is 76.4 cm³/mol. The van der Waals surface area contributed by atoms with Crippen LogP contribution in [0.5, 0.6) is 0 Å². The van der Waals surface area contributed by atoms with Crippen molar-refractivity contribution in [2.75, 3.05) is 0 Å². The second-order valence-electron chi connectivity index (χ2n) is 4.77. The molecule has 0 bridgehead atoms. The Morgan fingerprint density at radius 1 is 0.833 bits per heavy atom. The van der Waals surface area contributed by atoms with E-state index in [1.54, 1.807) is 0 Å². The molecule has 9 heteroatoms. The molecule has 2 aromatic carbocycles. The van der Waals surface area contributed by atoms with E-state index < -0.39 is 29.2 Å². The standard InChI is InChI=1S/C15H8ClF6NO/c16-12-3-1-9(2-4-12)8-23(24)13-6-10(14(17,18)19)5-11(7-13)15(20,21)22/h1-8H. The Kier molecular flexibility index (Phi) is 4.80. The summed E-state index contributed by atoms with van der Waals surface area (Å²) < 4.78 is 76.5. The fourth-order valence-electron chi connectivity index (χ4n) is 1.82. The Morgan fingerprint density at radius 2 is 1.29 bits per heavy atom. The predicted octanol–water partition coefficient (Wildman–Crippen LogP) is 5.64. The molecule has 128 valence electrons. The van der Waals surface area contributed by atoms with E-state index in [2.05, 4.69) is 0 Å². The average molecular weight is 368 g/mol. The molecule has 0 saturated heterocycles. The van der Waals surface area contributed by atoms with Crippen molar-refractivity contribution in [3.05, 3.63) is 69.4 Å². The lowest BCUT2D eigenvalue weighted by atomic mass is 10.1. The number of benzene rings is 2. The second-order valence-corrected chi connectivity index (χ2v) is 5.21. The summed E-state index contributed by atoms with van der Waals surface area (Å²) in [5.41, 5.74) is -3.64. The van der Waals surface area contributed by atoms with Crippen LogP contribution in [0.15, 0.2) is 42.5 Å². The van der Waals surface area contributed by atoms with Crippen LogP contribution in [0.25, 0.3) is 0 Å². The van der Waals surface area contributed by atoms with E-state index >= 15 is 0 Å². The molecule has 0 heterocycles. The highest BCUT2D eigenvalue weighted by atomic mass is 35.5. The van der Waals surface area contributed by atoms with Gasteiger partial charge in [0, 0.05) is 22.7 Å². The van der Waals surface area contributed by atoms with Crippen LogP contribution in [0.4, 0.5) is 32.0 Å². The van der Waals surface area contributed by atoms with E-state index in [-0.39, 0.29) is 16.4 Å².